The summed E-state index contributed by atoms with van der Waals surface area (Å²) in [4.78, 5) is 41.3. The van der Waals surface area contributed by atoms with Gasteiger partial charge in [-0.05, 0) is 56.2 Å². The normalized spacial score (nSPS) is 14.6. The number of aromatic amines is 1. The van der Waals surface area contributed by atoms with Gasteiger partial charge < -0.3 is 15.2 Å². The molecule has 0 bridgehead atoms. The molecule has 1 fully saturated rings. The Kier molecular flexibility index (Phi) is 4.88. The molecule has 132 valence electrons. The number of nitrogens with one attached hydrogen (secondary N) is 2. The highest BCUT2D eigenvalue weighted by Gasteiger charge is 2.18. The van der Waals surface area contributed by atoms with Crippen molar-refractivity contribution in [3.05, 3.63) is 45.2 Å². The van der Waals surface area contributed by atoms with Crippen molar-refractivity contribution in [3.63, 3.8) is 0 Å². The highest BCUT2D eigenvalue weighted by atomic mass is 16.2. The van der Waals surface area contributed by atoms with Gasteiger partial charge in [0.1, 0.15) is 5.56 Å². The summed E-state index contributed by atoms with van der Waals surface area (Å²) in [5.41, 5.74) is 2.34. The first kappa shape index (κ1) is 17.2. The Morgan fingerprint density at radius 2 is 1.84 bits per heavy atom. The van der Waals surface area contributed by atoms with E-state index in [0.717, 1.165) is 54.4 Å². The number of amides is 2. The fraction of sp³-hybridized carbons (Fsp3) is 0.421. The lowest BCUT2D eigenvalue weighted by molar-refractivity contribution is -0.130. The summed E-state index contributed by atoms with van der Waals surface area (Å²) >= 11 is 0. The van der Waals surface area contributed by atoms with Crippen LogP contribution in [0.5, 0.6) is 0 Å². The van der Waals surface area contributed by atoms with Gasteiger partial charge >= 0.3 is 0 Å². The number of rotatable bonds is 3. The van der Waals surface area contributed by atoms with Crippen LogP contribution in [0.25, 0.3) is 10.9 Å². The summed E-state index contributed by atoms with van der Waals surface area (Å²) in [6.07, 6.45) is 3.15. The van der Waals surface area contributed by atoms with Crippen molar-refractivity contribution in [1.29, 1.82) is 0 Å². The maximum Gasteiger partial charge on any atom is 0.261 e. The predicted octanol–water partition coefficient (Wildman–Crippen LogP) is 1.89. The molecule has 2 heterocycles. The van der Waals surface area contributed by atoms with Crippen LogP contribution in [-0.2, 0) is 4.79 Å². The van der Waals surface area contributed by atoms with E-state index in [1.807, 2.05) is 26.0 Å². The average molecular weight is 341 g/mol. The summed E-state index contributed by atoms with van der Waals surface area (Å²) in [7, 11) is 0. The number of aryl methyl sites for hydroxylation is 2. The molecular weight excluding hydrogens is 318 g/mol. The Hall–Kier alpha value is -2.63. The Bertz CT molecular complexity index is 879. The van der Waals surface area contributed by atoms with Crippen LogP contribution in [0.1, 0.15) is 40.7 Å². The Morgan fingerprint density at radius 3 is 2.56 bits per heavy atom. The molecule has 1 aliphatic heterocycles. The van der Waals surface area contributed by atoms with Crippen LogP contribution in [0.3, 0.4) is 0 Å². The second kappa shape index (κ2) is 7.09. The molecule has 6 nitrogen and oxygen atoms in total. The van der Waals surface area contributed by atoms with E-state index in [4.69, 9.17) is 0 Å². The van der Waals surface area contributed by atoms with Crippen LogP contribution in [0.2, 0.25) is 0 Å². The third kappa shape index (κ3) is 3.73. The third-order valence-electron chi connectivity index (χ3n) is 4.65. The fourth-order valence-electron chi connectivity index (χ4n) is 3.36. The summed E-state index contributed by atoms with van der Waals surface area (Å²) in [5, 5.41) is 3.39. The summed E-state index contributed by atoms with van der Waals surface area (Å²) in [6.45, 7) is 5.29. The molecule has 25 heavy (non-hydrogen) atoms. The van der Waals surface area contributed by atoms with Crippen molar-refractivity contribution in [2.75, 3.05) is 19.6 Å². The molecule has 1 saturated heterocycles. The lowest BCUT2D eigenvalue weighted by Gasteiger charge is -2.26. The van der Waals surface area contributed by atoms with Crippen molar-refractivity contribution in [2.24, 2.45) is 0 Å². The number of piperidine rings is 1. The number of benzene rings is 1. The molecule has 0 atom stereocenters. The van der Waals surface area contributed by atoms with Gasteiger partial charge in [-0.15, -0.1) is 0 Å². The molecule has 2 amide bonds. The highest BCUT2D eigenvalue weighted by molar-refractivity contribution is 5.99. The number of likely N-dealkylation sites (tertiary alicyclic amines) is 1. The molecule has 0 radical (unpaired) electrons. The van der Waals surface area contributed by atoms with Gasteiger partial charge in [-0.3, -0.25) is 14.4 Å². The number of carbonyl (C=O) groups is 2. The number of carbonyl (C=O) groups excluding carboxylic acids is 2. The van der Waals surface area contributed by atoms with Gasteiger partial charge in [0.2, 0.25) is 5.91 Å². The zero-order chi connectivity index (χ0) is 18.0. The van der Waals surface area contributed by atoms with E-state index < -0.39 is 11.5 Å². The minimum atomic E-state index is -0.521. The quantitative estimate of drug-likeness (QED) is 0.894. The second-order valence-corrected chi connectivity index (χ2v) is 6.68. The molecule has 6 heteroatoms. The molecule has 1 aromatic carbocycles. The molecule has 3 rings (SSSR count). The van der Waals surface area contributed by atoms with Crippen LogP contribution in [0, 0.1) is 13.8 Å². The maximum atomic E-state index is 12.4. The van der Waals surface area contributed by atoms with E-state index in [1.54, 1.807) is 11.0 Å². The number of hydrogen-bond acceptors (Lipinski definition) is 3. The lowest BCUT2D eigenvalue weighted by Crippen LogP contribution is -2.43. The molecule has 0 unspecified atom stereocenters. The first-order valence-electron chi connectivity index (χ1n) is 8.66. The van der Waals surface area contributed by atoms with Crippen LogP contribution in [0.4, 0.5) is 0 Å². The lowest BCUT2D eigenvalue weighted by atomic mass is 10.1. The van der Waals surface area contributed by atoms with Gasteiger partial charge in [0.15, 0.2) is 0 Å². The monoisotopic (exact) mass is 341 g/mol. The van der Waals surface area contributed by atoms with Crippen molar-refractivity contribution in [1.82, 2.24) is 15.2 Å². The van der Waals surface area contributed by atoms with Gasteiger partial charge in [0.05, 0.1) is 12.1 Å². The summed E-state index contributed by atoms with van der Waals surface area (Å²) < 4.78 is 0. The summed E-state index contributed by atoms with van der Waals surface area (Å²) in [5.74, 6) is -0.621. The molecule has 0 aliphatic carbocycles. The largest absolute Gasteiger partial charge is 0.343 e. The minimum Gasteiger partial charge on any atom is -0.343 e. The Morgan fingerprint density at radius 1 is 1.12 bits per heavy atom. The number of nitrogens with zero attached hydrogens (tertiary/aromatic N) is 1. The van der Waals surface area contributed by atoms with Gasteiger partial charge in [-0.25, -0.2) is 0 Å². The van der Waals surface area contributed by atoms with Gasteiger partial charge in [-0.2, -0.15) is 0 Å². The van der Waals surface area contributed by atoms with E-state index in [1.165, 1.54) is 0 Å². The van der Waals surface area contributed by atoms with E-state index >= 15 is 0 Å². The number of fused-ring (bicyclic) bond motifs is 1. The molecule has 0 saturated carbocycles. The molecule has 2 aromatic rings. The van der Waals surface area contributed by atoms with E-state index in [9.17, 15) is 14.4 Å². The molecule has 2 N–H and O–H groups in total. The minimum absolute atomic E-state index is 0.0314. The SMILES string of the molecule is Cc1cc(C)c2[nH]c(=O)c(C(=O)NCC(=O)N3CCCCC3)cc2c1. The van der Waals surface area contributed by atoms with Crippen LogP contribution in [0.15, 0.2) is 23.0 Å². The standard InChI is InChI=1S/C19H23N3O3/c1-12-8-13(2)17-14(9-12)10-15(19(25)21-17)18(24)20-11-16(23)22-6-4-3-5-7-22/h8-10H,3-7,11H2,1-2H3,(H,20,24)(H,21,25). The zero-order valence-electron chi connectivity index (χ0n) is 14.6. The zero-order valence-corrected chi connectivity index (χ0v) is 14.6. The van der Waals surface area contributed by atoms with E-state index in [0.29, 0.717) is 0 Å². The molecule has 1 aromatic heterocycles. The van der Waals surface area contributed by atoms with Crippen molar-refractivity contribution < 1.29 is 9.59 Å². The van der Waals surface area contributed by atoms with Gasteiger partial charge in [0.25, 0.3) is 11.5 Å². The van der Waals surface area contributed by atoms with Crippen molar-refractivity contribution >= 4 is 22.7 Å². The number of hydrogen-bond donors (Lipinski definition) is 2. The fourth-order valence-corrected chi connectivity index (χ4v) is 3.36. The molecular formula is C19H23N3O3. The first-order chi connectivity index (χ1) is 12.0. The number of pyridine rings is 1. The number of aromatic nitrogens is 1. The second-order valence-electron chi connectivity index (χ2n) is 6.68. The molecule has 0 spiro atoms. The van der Waals surface area contributed by atoms with Crippen molar-refractivity contribution in [3.8, 4) is 0 Å². The van der Waals surface area contributed by atoms with Crippen LogP contribution < -0.4 is 10.9 Å². The predicted molar refractivity (Wildman–Crippen MR) is 96.8 cm³/mol. The topological polar surface area (TPSA) is 82.3 Å². The van der Waals surface area contributed by atoms with Crippen LogP contribution >= 0.6 is 0 Å². The third-order valence-corrected chi connectivity index (χ3v) is 4.65. The maximum absolute atomic E-state index is 12.4. The Balaban J connectivity index is 1.76. The average Bonchev–Trinajstić information content (AvgIpc) is 2.60. The summed E-state index contributed by atoms with van der Waals surface area (Å²) in [6, 6.07) is 5.50. The van der Waals surface area contributed by atoms with Gasteiger partial charge in [-0.1, -0.05) is 11.6 Å². The van der Waals surface area contributed by atoms with Gasteiger partial charge in [0, 0.05) is 13.1 Å². The van der Waals surface area contributed by atoms with Crippen molar-refractivity contribution in [2.45, 2.75) is 33.1 Å². The van der Waals surface area contributed by atoms with Crippen LogP contribution in [-0.4, -0.2) is 41.3 Å². The Labute approximate surface area is 146 Å². The first-order valence-corrected chi connectivity index (χ1v) is 8.66. The number of H-pyrrole nitrogens is 1. The molecule has 1 aliphatic rings. The van der Waals surface area contributed by atoms with E-state index in [-0.39, 0.29) is 18.0 Å². The smallest absolute Gasteiger partial charge is 0.261 e. The highest BCUT2D eigenvalue weighted by Crippen LogP contribution is 2.18. The van der Waals surface area contributed by atoms with E-state index in [2.05, 4.69) is 10.3 Å².